The monoisotopic (exact) mass is 675 g/mol. The quantitative estimate of drug-likeness (QED) is 0.184. The highest BCUT2D eigenvalue weighted by atomic mass is 28.3. The number of fused-ring (bicyclic) bond motifs is 2. The van der Waals surface area contributed by atoms with E-state index in [1.54, 1.807) is 0 Å². The number of aromatic carboxylic acids is 1. The SMILES string of the molecule is [2H]C1([2H])N(c2ccc3c(c2)[Si](C)(C)C2=CC(=[N+]4C([2H])([2H])C([2H])([2H])C([2H])([2H])C4([2H])[2H])C=CC2=C3c2c(F)c(C(C#N)(C#N)OCOC)c(F)c(F)c2C(=O)O)C([2H])([2H])C([2H])([2H])C1([2H])[2H]. The van der Waals surface area contributed by atoms with Crippen LogP contribution in [-0.2, 0) is 15.1 Å². The fraction of sp³-hybridized carbons (Fsp3) is 0.371. The van der Waals surface area contributed by atoms with Gasteiger partial charge >= 0.3 is 5.97 Å². The van der Waals surface area contributed by atoms with Gasteiger partial charge in [0.25, 0.3) is 5.60 Å². The first-order valence-electron chi connectivity index (χ1n) is 21.7. The topological polar surface area (TPSA) is 110 Å². The van der Waals surface area contributed by atoms with Gasteiger partial charge in [0.05, 0.1) is 5.56 Å². The zero-order valence-corrected chi connectivity index (χ0v) is 25.8. The van der Waals surface area contributed by atoms with Crippen LogP contribution in [0.2, 0.25) is 13.1 Å². The van der Waals surface area contributed by atoms with Crippen LogP contribution in [0.4, 0.5) is 18.9 Å². The largest absolute Gasteiger partial charge is 0.478 e. The fourth-order valence-electron chi connectivity index (χ4n) is 5.85. The number of hydrogen-bond donors (Lipinski definition) is 1. The summed E-state index contributed by atoms with van der Waals surface area (Å²) in [6.07, 6.45) is -11.1. The summed E-state index contributed by atoms with van der Waals surface area (Å²) in [4.78, 5) is 13.1. The van der Waals surface area contributed by atoms with E-state index in [0.29, 0.717) is 0 Å². The van der Waals surface area contributed by atoms with Gasteiger partial charge in [0.1, 0.15) is 56.9 Å². The summed E-state index contributed by atoms with van der Waals surface area (Å²) < 4.78 is 196. The average molecular weight is 676 g/mol. The molecule has 1 N–H and O–H groups in total. The number of rotatable bonds is 7. The maximum absolute atomic E-state index is 17.5. The van der Waals surface area contributed by atoms with Crippen molar-refractivity contribution in [1.82, 2.24) is 0 Å². The molecule has 3 aliphatic heterocycles. The molecule has 6 rings (SSSR count). The first-order chi connectivity index (χ1) is 28.5. The van der Waals surface area contributed by atoms with Gasteiger partial charge in [-0.15, -0.1) is 0 Å². The Morgan fingerprint density at radius 1 is 1.09 bits per heavy atom. The third-order valence-corrected chi connectivity index (χ3v) is 11.6. The van der Waals surface area contributed by atoms with E-state index in [1.807, 2.05) is 0 Å². The Labute approximate surface area is 294 Å². The Morgan fingerprint density at radius 3 is 2.38 bits per heavy atom. The van der Waals surface area contributed by atoms with Gasteiger partial charge in [-0.2, -0.15) is 10.5 Å². The predicted octanol–water partition coefficient (Wildman–Crippen LogP) is 5.28. The van der Waals surface area contributed by atoms with Crippen LogP contribution in [0.1, 0.15) is 74.5 Å². The van der Waals surface area contributed by atoms with Crippen molar-refractivity contribution in [3.8, 4) is 12.1 Å². The van der Waals surface area contributed by atoms with E-state index in [1.165, 1.54) is 25.2 Å². The molecule has 2 aromatic rings. The summed E-state index contributed by atoms with van der Waals surface area (Å²) in [6.45, 7) is -11.7. The molecule has 0 saturated carbocycles. The lowest BCUT2D eigenvalue weighted by Crippen LogP contribution is -2.50. The van der Waals surface area contributed by atoms with Crippen LogP contribution < -0.4 is 10.1 Å². The normalized spacial score (nSPS) is 32.2. The molecule has 0 radical (unpaired) electrons. The molecule has 12 heteroatoms. The van der Waals surface area contributed by atoms with E-state index in [2.05, 4.69) is 0 Å². The van der Waals surface area contributed by atoms with Crippen LogP contribution in [0.3, 0.4) is 0 Å². The number of carboxylic acid groups (broad SMARTS) is 1. The molecular weight excluding hydrogens is 625 g/mol. The average Bonchev–Trinajstić information content (AvgIpc) is 3.29. The van der Waals surface area contributed by atoms with Crippen molar-refractivity contribution in [3.63, 3.8) is 0 Å². The highest BCUT2D eigenvalue weighted by molar-refractivity contribution is 6.98. The molecule has 0 spiro atoms. The van der Waals surface area contributed by atoms with E-state index >= 15 is 13.2 Å². The molecule has 0 bridgehead atoms. The molecule has 0 atom stereocenters. The van der Waals surface area contributed by atoms with E-state index < -0.39 is 129 Å². The summed E-state index contributed by atoms with van der Waals surface area (Å²) in [5, 5.41) is 30.4. The number of carbonyl (C=O) groups is 1. The van der Waals surface area contributed by atoms with Gasteiger partial charge in [-0.25, -0.2) is 22.5 Å². The molecule has 2 saturated heterocycles. The molecule has 0 amide bonds. The number of anilines is 1. The smallest absolute Gasteiger partial charge is 0.339 e. The van der Waals surface area contributed by atoms with E-state index in [-0.39, 0.29) is 31.0 Å². The second kappa shape index (κ2) is 12.3. The van der Waals surface area contributed by atoms with Crippen molar-refractivity contribution >= 4 is 36.2 Å². The van der Waals surface area contributed by atoms with Crippen molar-refractivity contribution < 1.29 is 59.1 Å². The van der Waals surface area contributed by atoms with Crippen molar-refractivity contribution in [2.45, 2.75) is 44.2 Å². The Balaban J connectivity index is 1.83. The number of nitriles is 2. The van der Waals surface area contributed by atoms with Gasteiger partial charge in [0.2, 0.25) is 0 Å². The van der Waals surface area contributed by atoms with Crippen LogP contribution in [0, 0.1) is 40.1 Å². The molecule has 3 heterocycles. The van der Waals surface area contributed by atoms with Crippen LogP contribution in [0.25, 0.3) is 5.57 Å². The van der Waals surface area contributed by atoms with Gasteiger partial charge in [-0.05, 0) is 58.0 Å². The van der Waals surface area contributed by atoms with Gasteiger partial charge in [-0.1, -0.05) is 19.2 Å². The zero-order valence-electron chi connectivity index (χ0n) is 40.8. The van der Waals surface area contributed by atoms with Crippen molar-refractivity contribution in [3.05, 3.63) is 86.9 Å². The highest BCUT2D eigenvalue weighted by Crippen LogP contribution is 2.46. The Kier molecular flexibility index (Phi) is 4.74. The maximum Gasteiger partial charge on any atom is 0.339 e. The van der Waals surface area contributed by atoms with Gasteiger partial charge in [-0.3, -0.25) is 0 Å². The minimum Gasteiger partial charge on any atom is -0.478 e. The summed E-state index contributed by atoms with van der Waals surface area (Å²) in [5.41, 5.74) is -10.3. The molecule has 2 fully saturated rings. The zero-order chi connectivity index (χ0) is 48.0. The molecule has 242 valence electrons. The summed E-state index contributed by atoms with van der Waals surface area (Å²) >= 11 is 0. The van der Waals surface area contributed by atoms with Crippen molar-refractivity contribution in [2.24, 2.45) is 0 Å². The molecule has 2 aromatic carbocycles. The number of hydrogen-bond acceptors (Lipinski definition) is 6. The van der Waals surface area contributed by atoms with E-state index in [0.717, 1.165) is 43.5 Å². The molecule has 0 unspecified atom stereocenters. The van der Waals surface area contributed by atoms with Crippen LogP contribution in [0.15, 0.2) is 47.2 Å². The number of allylic oxidation sites excluding steroid dienone is 5. The first-order valence-corrected chi connectivity index (χ1v) is 16.7. The number of ether oxygens (including phenoxy) is 2. The molecule has 8 nitrogen and oxygen atoms in total. The molecule has 0 aromatic heterocycles. The fourth-order valence-corrected chi connectivity index (χ4v) is 8.92. The van der Waals surface area contributed by atoms with Gasteiger partial charge in [0, 0.05) is 72.7 Å². The molecular formula is C35H34F3N4O4Si+. The standard InChI is InChI=1S/C35H33F3N4O4Si/c1-45-20-46-35(18-39,19-40)30-31(36)28(29(34(43)44)32(37)33(30)38)27-23-10-8-21(41-12-4-5-13-41)16-25(23)47(2,3)26-17-22(9-11-24(26)27)42-14-6-7-15-42/h8-11,16-17H,4-7,12-15,20H2,1-3H3/p+1/i4D2,5D2,6D2,7D2,12D2,13D2,14D2,15D2. The lowest BCUT2D eigenvalue weighted by molar-refractivity contribution is -0.504. The molecule has 4 aliphatic rings. The number of nitrogens with zero attached hydrogens (tertiary/aromatic N) is 4. The number of methoxy groups -OCH3 is 1. The van der Waals surface area contributed by atoms with Gasteiger partial charge < -0.3 is 19.5 Å². The van der Waals surface area contributed by atoms with Crippen LogP contribution in [0.5, 0.6) is 0 Å². The van der Waals surface area contributed by atoms with Crippen molar-refractivity contribution in [2.75, 3.05) is 44.8 Å². The minimum absolute atomic E-state index is 0.0816. The second-order valence-corrected chi connectivity index (χ2v) is 15.2. The maximum atomic E-state index is 17.5. The van der Waals surface area contributed by atoms with Crippen molar-refractivity contribution in [1.29, 1.82) is 10.5 Å². The number of halogens is 3. The third kappa shape index (κ3) is 5.12. The lowest BCUT2D eigenvalue weighted by Gasteiger charge is -2.38. The lowest BCUT2D eigenvalue weighted by atomic mass is 9.83. The van der Waals surface area contributed by atoms with Crippen LogP contribution >= 0.6 is 0 Å². The summed E-state index contributed by atoms with van der Waals surface area (Å²) in [7, 11) is -2.78. The Morgan fingerprint density at radius 2 is 1.77 bits per heavy atom. The molecule has 47 heavy (non-hydrogen) atoms. The second-order valence-electron chi connectivity index (χ2n) is 10.9. The number of benzene rings is 2. The summed E-state index contributed by atoms with van der Waals surface area (Å²) in [5.74, 6) is -8.94. The summed E-state index contributed by atoms with van der Waals surface area (Å²) in [6, 6.07) is 5.54. The Bertz CT molecular complexity index is 2570. The van der Waals surface area contributed by atoms with Crippen LogP contribution in [-0.4, -0.2) is 69.3 Å². The van der Waals surface area contributed by atoms with E-state index in [4.69, 9.17) is 31.4 Å². The molecule has 1 aliphatic carbocycles. The minimum atomic E-state index is -3.79. The Hall–Kier alpha value is -4.49. The number of carboxylic acids is 1. The predicted molar refractivity (Wildman–Crippen MR) is 172 cm³/mol. The first kappa shape index (κ1) is 18.2. The van der Waals surface area contributed by atoms with Gasteiger partial charge in [0.15, 0.2) is 17.3 Å². The third-order valence-electron chi connectivity index (χ3n) is 8.05. The highest BCUT2D eigenvalue weighted by Gasteiger charge is 2.47. The van der Waals surface area contributed by atoms with E-state index in [9.17, 15) is 20.4 Å².